The molecule has 2 aromatic heterocycles. The van der Waals surface area contributed by atoms with Gasteiger partial charge in [-0.05, 0) is 41.9 Å². The fourth-order valence-corrected chi connectivity index (χ4v) is 2.42. The molecule has 5 heteroatoms. The molecule has 1 unspecified atom stereocenters. The summed E-state index contributed by atoms with van der Waals surface area (Å²) in [6.45, 7) is 4.22. The Bertz CT molecular complexity index is 466. The average molecular weight is 298 g/mol. The summed E-state index contributed by atoms with van der Waals surface area (Å²) in [5.74, 6) is 0.654. The lowest BCUT2D eigenvalue weighted by Gasteiger charge is -2.11. The Labute approximate surface area is 107 Å². The number of hydrogen-bond acceptors (Lipinski definition) is 4. The summed E-state index contributed by atoms with van der Waals surface area (Å²) in [4.78, 5) is 11.0. The van der Waals surface area contributed by atoms with Crippen molar-refractivity contribution in [3.8, 4) is 0 Å². The molecule has 0 fully saturated rings. The lowest BCUT2D eigenvalue weighted by atomic mass is 10.3. The van der Waals surface area contributed by atoms with Crippen molar-refractivity contribution < 1.29 is 0 Å². The van der Waals surface area contributed by atoms with E-state index in [9.17, 15) is 0 Å². The number of nitrogens with zero attached hydrogens (tertiary/aromatic N) is 2. The Morgan fingerprint density at radius 3 is 2.56 bits per heavy atom. The highest BCUT2D eigenvalue weighted by Gasteiger charge is 2.08. The molecule has 16 heavy (non-hydrogen) atoms. The molecule has 0 aliphatic carbocycles. The van der Waals surface area contributed by atoms with Gasteiger partial charge in [0.25, 0.3) is 0 Å². The molecule has 0 saturated carbocycles. The van der Waals surface area contributed by atoms with Gasteiger partial charge in [0.15, 0.2) is 0 Å². The lowest BCUT2D eigenvalue weighted by molar-refractivity contribution is 0.879. The van der Waals surface area contributed by atoms with Gasteiger partial charge in [-0.25, -0.2) is 9.97 Å². The second kappa shape index (κ2) is 4.93. The van der Waals surface area contributed by atoms with E-state index in [-0.39, 0.29) is 6.04 Å². The van der Waals surface area contributed by atoms with Crippen molar-refractivity contribution >= 4 is 33.2 Å². The molecule has 0 aliphatic heterocycles. The van der Waals surface area contributed by atoms with Crippen LogP contribution >= 0.6 is 27.3 Å². The maximum Gasteiger partial charge on any atom is 0.223 e. The Balaban J connectivity index is 2.07. The lowest BCUT2D eigenvalue weighted by Crippen LogP contribution is -2.07. The Kier molecular flexibility index (Phi) is 3.56. The largest absolute Gasteiger partial charge is 0.347 e. The van der Waals surface area contributed by atoms with Gasteiger partial charge in [-0.15, -0.1) is 11.3 Å². The van der Waals surface area contributed by atoms with Crippen molar-refractivity contribution in [2.24, 2.45) is 0 Å². The number of thiophene rings is 1. The summed E-state index contributed by atoms with van der Waals surface area (Å²) >= 11 is 5.10. The van der Waals surface area contributed by atoms with Crippen LogP contribution in [0.2, 0.25) is 0 Å². The van der Waals surface area contributed by atoms with E-state index in [0.717, 1.165) is 4.47 Å². The van der Waals surface area contributed by atoms with Crippen LogP contribution in [-0.4, -0.2) is 9.97 Å². The van der Waals surface area contributed by atoms with Gasteiger partial charge in [-0.2, -0.15) is 0 Å². The first kappa shape index (κ1) is 11.5. The second-order valence-corrected chi connectivity index (χ2v) is 5.77. The molecule has 0 saturated heterocycles. The highest BCUT2D eigenvalue weighted by Crippen LogP contribution is 2.24. The molecule has 0 amide bonds. The maximum absolute atomic E-state index is 4.19. The zero-order chi connectivity index (χ0) is 11.5. The van der Waals surface area contributed by atoms with Gasteiger partial charge in [0.2, 0.25) is 5.95 Å². The SMILES string of the molecule is Cc1ccc(C(C)Nc2ncc(Br)cn2)s1. The molecule has 0 radical (unpaired) electrons. The van der Waals surface area contributed by atoms with E-state index in [0.29, 0.717) is 5.95 Å². The molecule has 1 atom stereocenters. The fourth-order valence-electron chi connectivity index (χ4n) is 1.34. The van der Waals surface area contributed by atoms with E-state index in [4.69, 9.17) is 0 Å². The van der Waals surface area contributed by atoms with E-state index in [1.54, 1.807) is 23.7 Å². The standard InChI is InChI=1S/C11H12BrN3S/c1-7-3-4-10(16-7)8(2)15-11-13-5-9(12)6-14-11/h3-6,8H,1-2H3,(H,13,14,15). The fraction of sp³-hybridized carbons (Fsp3) is 0.273. The first-order valence-corrected chi connectivity index (χ1v) is 6.56. The molecule has 0 bridgehead atoms. The summed E-state index contributed by atoms with van der Waals surface area (Å²) in [7, 11) is 0. The smallest absolute Gasteiger partial charge is 0.223 e. The van der Waals surface area contributed by atoms with Gasteiger partial charge in [0.1, 0.15) is 0 Å². The highest BCUT2D eigenvalue weighted by atomic mass is 79.9. The molecule has 0 spiro atoms. The average Bonchev–Trinajstić information content (AvgIpc) is 2.68. The first-order chi connectivity index (χ1) is 7.65. The number of hydrogen-bond donors (Lipinski definition) is 1. The highest BCUT2D eigenvalue weighted by molar-refractivity contribution is 9.10. The van der Waals surface area contributed by atoms with Crippen molar-refractivity contribution in [1.82, 2.24) is 9.97 Å². The zero-order valence-corrected chi connectivity index (χ0v) is 11.5. The predicted molar refractivity (Wildman–Crippen MR) is 70.8 cm³/mol. The van der Waals surface area contributed by atoms with Crippen LogP contribution in [0.15, 0.2) is 29.0 Å². The van der Waals surface area contributed by atoms with Crippen LogP contribution in [0.4, 0.5) is 5.95 Å². The molecule has 2 aromatic rings. The number of nitrogens with one attached hydrogen (secondary N) is 1. The van der Waals surface area contributed by atoms with Crippen LogP contribution in [0.3, 0.4) is 0 Å². The van der Waals surface area contributed by atoms with Crippen LogP contribution in [-0.2, 0) is 0 Å². The molecule has 0 aliphatic rings. The van der Waals surface area contributed by atoms with E-state index in [1.807, 2.05) is 0 Å². The van der Waals surface area contributed by atoms with Crippen molar-refractivity contribution in [1.29, 1.82) is 0 Å². The van der Waals surface area contributed by atoms with Gasteiger partial charge in [-0.1, -0.05) is 0 Å². The number of aryl methyl sites for hydroxylation is 1. The molecule has 2 heterocycles. The quantitative estimate of drug-likeness (QED) is 0.937. The van der Waals surface area contributed by atoms with E-state index in [2.05, 4.69) is 57.2 Å². The number of halogens is 1. The summed E-state index contributed by atoms with van der Waals surface area (Å²) in [6, 6.07) is 4.50. The molecular formula is C11H12BrN3S. The van der Waals surface area contributed by atoms with Crippen LogP contribution in [0.25, 0.3) is 0 Å². The Hall–Kier alpha value is -0.940. The Morgan fingerprint density at radius 1 is 1.31 bits per heavy atom. The zero-order valence-electron chi connectivity index (χ0n) is 9.07. The number of rotatable bonds is 3. The Morgan fingerprint density at radius 2 is 2.00 bits per heavy atom. The van der Waals surface area contributed by atoms with Gasteiger partial charge in [0.05, 0.1) is 10.5 Å². The van der Waals surface area contributed by atoms with E-state index >= 15 is 0 Å². The monoisotopic (exact) mass is 297 g/mol. The topological polar surface area (TPSA) is 37.8 Å². The van der Waals surface area contributed by atoms with E-state index in [1.165, 1.54) is 9.75 Å². The van der Waals surface area contributed by atoms with Crippen LogP contribution in [0, 0.1) is 6.92 Å². The van der Waals surface area contributed by atoms with Crippen LogP contribution < -0.4 is 5.32 Å². The van der Waals surface area contributed by atoms with Crippen LogP contribution in [0.5, 0.6) is 0 Å². The predicted octanol–water partition coefficient (Wildman–Crippen LogP) is 3.78. The van der Waals surface area contributed by atoms with Crippen molar-refractivity contribution in [2.45, 2.75) is 19.9 Å². The summed E-state index contributed by atoms with van der Waals surface area (Å²) < 4.78 is 0.887. The van der Waals surface area contributed by atoms with Gasteiger partial charge >= 0.3 is 0 Å². The minimum Gasteiger partial charge on any atom is -0.347 e. The minimum atomic E-state index is 0.236. The third-order valence-corrected chi connectivity index (χ3v) is 3.75. The molecule has 84 valence electrons. The minimum absolute atomic E-state index is 0.236. The molecule has 1 N–H and O–H groups in total. The van der Waals surface area contributed by atoms with Crippen molar-refractivity contribution in [3.63, 3.8) is 0 Å². The first-order valence-electron chi connectivity index (χ1n) is 4.95. The van der Waals surface area contributed by atoms with Crippen molar-refractivity contribution in [2.75, 3.05) is 5.32 Å². The number of anilines is 1. The van der Waals surface area contributed by atoms with Gasteiger partial charge in [-0.3, -0.25) is 0 Å². The molecule has 2 rings (SSSR count). The third kappa shape index (κ3) is 2.80. The third-order valence-electron chi connectivity index (χ3n) is 2.15. The normalized spacial score (nSPS) is 12.4. The summed E-state index contributed by atoms with van der Waals surface area (Å²) in [5.41, 5.74) is 0. The summed E-state index contributed by atoms with van der Waals surface area (Å²) in [6.07, 6.45) is 3.48. The van der Waals surface area contributed by atoms with Crippen LogP contribution in [0.1, 0.15) is 22.7 Å². The van der Waals surface area contributed by atoms with Gasteiger partial charge < -0.3 is 5.32 Å². The van der Waals surface area contributed by atoms with E-state index < -0.39 is 0 Å². The second-order valence-electron chi connectivity index (χ2n) is 3.54. The maximum atomic E-state index is 4.19. The molecule has 0 aromatic carbocycles. The number of aromatic nitrogens is 2. The van der Waals surface area contributed by atoms with Crippen molar-refractivity contribution in [3.05, 3.63) is 38.8 Å². The molecular weight excluding hydrogens is 286 g/mol. The summed E-state index contributed by atoms with van der Waals surface area (Å²) in [5, 5.41) is 3.27. The molecule has 3 nitrogen and oxygen atoms in total. The van der Waals surface area contributed by atoms with Gasteiger partial charge in [0, 0.05) is 22.1 Å².